The van der Waals surface area contributed by atoms with Crippen molar-refractivity contribution in [3.63, 3.8) is 0 Å². The minimum Gasteiger partial charge on any atom is -0.466 e. The predicted octanol–water partition coefficient (Wildman–Crippen LogP) is 3.38. The Hall–Kier alpha value is -4.00. The summed E-state index contributed by atoms with van der Waals surface area (Å²) < 4.78 is 11.4. The smallest absolute Gasteiger partial charge is 0.328 e. The molecular formula is C27H35N5O7S. The molecule has 3 rings (SSSR count). The molecule has 40 heavy (non-hydrogen) atoms. The summed E-state index contributed by atoms with van der Waals surface area (Å²) in [7, 11) is 0. The van der Waals surface area contributed by atoms with Crippen molar-refractivity contribution >= 4 is 51.9 Å². The van der Waals surface area contributed by atoms with Crippen molar-refractivity contribution in [1.82, 2.24) is 19.9 Å². The van der Waals surface area contributed by atoms with Crippen LogP contribution in [0.15, 0.2) is 28.6 Å². The molecule has 0 spiro atoms. The highest BCUT2D eigenvalue weighted by Crippen LogP contribution is 2.26. The summed E-state index contributed by atoms with van der Waals surface area (Å²) in [5.41, 5.74) is -0.282. The number of carbonyl (C=O) groups is 4. The summed E-state index contributed by atoms with van der Waals surface area (Å²) in [5, 5.41) is 7.34. The van der Waals surface area contributed by atoms with Crippen molar-refractivity contribution < 1.29 is 28.7 Å². The van der Waals surface area contributed by atoms with Crippen molar-refractivity contribution in [2.75, 3.05) is 18.5 Å². The van der Waals surface area contributed by atoms with E-state index < -0.39 is 35.3 Å². The van der Waals surface area contributed by atoms with Crippen LogP contribution in [0, 0.1) is 5.41 Å². The highest BCUT2D eigenvalue weighted by molar-refractivity contribution is 7.10. The second-order valence-electron chi connectivity index (χ2n) is 10.1. The highest BCUT2D eigenvalue weighted by atomic mass is 32.1. The molecule has 0 saturated heterocycles. The Morgan fingerprint density at radius 3 is 2.48 bits per heavy atom. The van der Waals surface area contributed by atoms with E-state index in [9.17, 15) is 24.0 Å². The fraction of sp³-hybridized carbons (Fsp3) is 0.481. The summed E-state index contributed by atoms with van der Waals surface area (Å²) in [6.07, 6.45) is 1.39. The van der Waals surface area contributed by atoms with Crippen LogP contribution in [0.1, 0.15) is 75.7 Å². The van der Waals surface area contributed by atoms with Crippen molar-refractivity contribution in [3.8, 4) is 0 Å². The van der Waals surface area contributed by atoms with Gasteiger partial charge in [-0.25, -0.2) is 9.78 Å². The van der Waals surface area contributed by atoms with Crippen molar-refractivity contribution in [1.29, 1.82) is 0 Å². The van der Waals surface area contributed by atoms with Gasteiger partial charge in [-0.2, -0.15) is 0 Å². The van der Waals surface area contributed by atoms with Crippen LogP contribution >= 0.6 is 11.3 Å². The number of fused-ring (bicyclic) bond motifs is 1. The first kappa shape index (κ1) is 30.5. The van der Waals surface area contributed by atoms with Gasteiger partial charge < -0.3 is 25.1 Å². The number of anilines is 1. The minimum atomic E-state index is -1.02. The van der Waals surface area contributed by atoms with Crippen molar-refractivity contribution in [2.45, 2.75) is 66.5 Å². The number of ether oxygens (including phenoxy) is 2. The summed E-state index contributed by atoms with van der Waals surface area (Å²) in [4.78, 5) is 70.7. The van der Waals surface area contributed by atoms with Gasteiger partial charge in [0.15, 0.2) is 0 Å². The van der Waals surface area contributed by atoms with E-state index in [0.29, 0.717) is 27.3 Å². The first-order chi connectivity index (χ1) is 18.8. The van der Waals surface area contributed by atoms with Gasteiger partial charge in [0.05, 0.1) is 30.2 Å². The zero-order valence-corrected chi connectivity index (χ0v) is 24.3. The normalized spacial score (nSPS) is 12.9. The number of esters is 2. The van der Waals surface area contributed by atoms with Gasteiger partial charge in [-0.15, -0.1) is 11.3 Å². The van der Waals surface area contributed by atoms with E-state index in [-0.39, 0.29) is 37.5 Å². The SMILES string of the molecule is CCOC(=O)CC[C@H](NC(=O)c1csc(C(C)n2cnc3[nH]c(NC(=O)C(C)(C)C)cc3c2=O)c1)C(=O)OCC. The van der Waals surface area contributed by atoms with Crippen LogP contribution in [0.5, 0.6) is 0 Å². The third-order valence-corrected chi connectivity index (χ3v) is 7.14. The third-order valence-electron chi connectivity index (χ3n) is 6.03. The molecule has 2 atom stereocenters. The van der Waals surface area contributed by atoms with Gasteiger partial charge in [0.1, 0.15) is 23.8 Å². The van der Waals surface area contributed by atoms with E-state index >= 15 is 0 Å². The van der Waals surface area contributed by atoms with E-state index in [2.05, 4.69) is 20.6 Å². The number of aromatic nitrogens is 3. The number of hydrogen-bond acceptors (Lipinski definition) is 9. The number of nitrogens with one attached hydrogen (secondary N) is 3. The Morgan fingerprint density at radius 2 is 1.82 bits per heavy atom. The molecule has 2 amide bonds. The maximum Gasteiger partial charge on any atom is 0.328 e. The fourth-order valence-electron chi connectivity index (χ4n) is 3.73. The average Bonchev–Trinajstić information content (AvgIpc) is 3.54. The third kappa shape index (κ3) is 7.34. The van der Waals surface area contributed by atoms with E-state index in [1.807, 2.05) is 0 Å². The molecule has 0 fully saturated rings. The number of H-pyrrole nitrogens is 1. The van der Waals surface area contributed by atoms with E-state index in [4.69, 9.17) is 9.47 Å². The topological polar surface area (TPSA) is 161 Å². The van der Waals surface area contributed by atoms with Gasteiger partial charge in [-0.3, -0.25) is 23.7 Å². The predicted molar refractivity (Wildman–Crippen MR) is 150 cm³/mol. The van der Waals surface area contributed by atoms with Gasteiger partial charge >= 0.3 is 11.9 Å². The van der Waals surface area contributed by atoms with Crippen molar-refractivity contribution in [3.05, 3.63) is 44.6 Å². The van der Waals surface area contributed by atoms with Gasteiger partial charge in [-0.05, 0) is 39.3 Å². The Labute approximate surface area is 235 Å². The lowest BCUT2D eigenvalue weighted by Crippen LogP contribution is -2.42. The molecule has 0 radical (unpaired) electrons. The molecule has 3 heterocycles. The first-order valence-electron chi connectivity index (χ1n) is 13.0. The second kappa shape index (κ2) is 12.9. The molecule has 0 aromatic carbocycles. The number of rotatable bonds is 11. The first-order valence-corrected chi connectivity index (χ1v) is 13.9. The largest absolute Gasteiger partial charge is 0.466 e. The van der Waals surface area contributed by atoms with Gasteiger partial charge in [0, 0.05) is 22.1 Å². The number of aromatic amines is 1. The lowest BCUT2D eigenvalue weighted by atomic mass is 9.96. The molecule has 13 heteroatoms. The fourth-order valence-corrected chi connectivity index (χ4v) is 4.67. The number of nitrogens with zero attached hydrogens (tertiary/aromatic N) is 2. The van der Waals surface area contributed by atoms with E-state index in [1.54, 1.807) is 59.1 Å². The van der Waals surface area contributed by atoms with Crippen LogP contribution in [0.2, 0.25) is 0 Å². The second-order valence-corrected chi connectivity index (χ2v) is 11.1. The van der Waals surface area contributed by atoms with Gasteiger partial charge in [-0.1, -0.05) is 20.8 Å². The molecule has 3 aromatic heterocycles. The van der Waals surface area contributed by atoms with Gasteiger partial charge in [0.2, 0.25) is 5.91 Å². The Kier molecular flexibility index (Phi) is 9.85. The maximum atomic E-state index is 13.3. The molecule has 0 aliphatic rings. The summed E-state index contributed by atoms with van der Waals surface area (Å²) in [5.74, 6) is -1.45. The van der Waals surface area contributed by atoms with Crippen molar-refractivity contribution in [2.24, 2.45) is 5.41 Å². The molecule has 0 bridgehead atoms. The monoisotopic (exact) mass is 573 g/mol. The lowest BCUT2D eigenvalue weighted by molar-refractivity contribution is -0.146. The maximum absolute atomic E-state index is 13.3. The molecule has 0 aliphatic heterocycles. The summed E-state index contributed by atoms with van der Waals surface area (Å²) >= 11 is 1.28. The Balaban J connectivity index is 1.77. The van der Waals surface area contributed by atoms with E-state index in [0.717, 1.165) is 0 Å². The zero-order chi connectivity index (χ0) is 29.6. The van der Waals surface area contributed by atoms with Crippen LogP contribution in [0.25, 0.3) is 11.0 Å². The highest BCUT2D eigenvalue weighted by Gasteiger charge is 2.26. The number of thiophene rings is 1. The molecule has 3 aromatic rings. The van der Waals surface area contributed by atoms with Crippen LogP contribution < -0.4 is 16.2 Å². The lowest BCUT2D eigenvalue weighted by Gasteiger charge is -2.16. The van der Waals surface area contributed by atoms with E-state index in [1.165, 1.54) is 22.2 Å². The molecule has 3 N–H and O–H groups in total. The standard InChI is InChI=1S/C27H35N5O7S/c1-7-38-21(33)10-9-18(25(36)39-8-2)29-23(34)16-11-19(40-13-16)15(3)32-14-28-22-17(24(32)35)12-20(30-22)31-26(37)27(4,5)6/h11-15,18,30H,7-10H2,1-6H3,(H,29,34)(H,31,37)/t15?,18-/m0/s1. The Bertz CT molecular complexity index is 1450. The van der Waals surface area contributed by atoms with Crippen LogP contribution in [-0.2, 0) is 23.9 Å². The Morgan fingerprint density at radius 1 is 1.12 bits per heavy atom. The zero-order valence-electron chi connectivity index (χ0n) is 23.5. The molecule has 1 unspecified atom stereocenters. The average molecular weight is 574 g/mol. The quantitative estimate of drug-likeness (QED) is 0.294. The van der Waals surface area contributed by atoms with Crippen LogP contribution in [0.4, 0.5) is 5.82 Å². The van der Waals surface area contributed by atoms with Gasteiger partial charge in [0.25, 0.3) is 11.5 Å². The minimum absolute atomic E-state index is 0.0345. The molecular weight excluding hydrogens is 538 g/mol. The molecule has 12 nitrogen and oxygen atoms in total. The van der Waals surface area contributed by atoms with Crippen LogP contribution in [-0.4, -0.2) is 57.5 Å². The summed E-state index contributed by atoms with van der Waals surface area (Å²) in [6.45, 7) is 10.8. The molecule has 216 valence electrons. The number of amides is 2. The molecule has 0 saturated carbocycles. The van der Waals surface area contributed by atoms with Crippen LogP contribution in [0.3, 0.4) is 0 Å². The summed E-state index contributed by atoms with van der Waals surface area (Å²) in [6, 6.07) is 1.72. The number of hydrogen-bond donors (Lipinski definition) is 3. The molecule has 0 aliphatic carbocycles. The number of carbonyl (C=O) groups excluding carboxylic acids is 4.